The smallest absolute Gasteiger partial charge is 1.00 e. The molecule has 0 atom stereocenters. The van der Waals surface area contributed by atoms with Crippen LogP contribution in [0.4, 0.5) is 0 Å². The van der Waals surface area contributed by atoms with Crippen LogP contribution >= 0.6 is 25.8 Å². The molecule has 0 unspecified atom stereocenters. The molecule has 0 amide bonds. The summed E-state index contributed by atoms with van der Waals surface area (Å²) >= 11 is 0. The summed E-state index contributed by atoms with van der Waals surface area (Å²) in [5.74, 6) is 6.38. The summed E-state index contributed by atoms with van der Waals surface area (Å²) in [4.78, 5) is 8.00. The van der Waals surface area contributed by atoms with E-state index in [9.17, 15) is 0 Å². The first-order valence-corrected chi connectivity index (χ1v) is 24.3. The van der Waals surface area contributed by atoms with Gasteiger partial charge in [-0.2, -0.15) is 0 Å². The Bertz CT molecular complexity index is 2070. The van der Waals surface area contributed by atoms with Crippen molar-refractivity contribution in [3.8, 4) is 51.7 Å². The predicted octanol–water partition coefficient (Wildman–Crippen LogP) is 16.5. The van der Waals surface area contributed by atoms with Gasteiger partial charge in [-0.05, 0) is 109 Å². The molecule has 0 saturated carbocycles. The third-order valence-corrected chi connectivity index (χ3v) is 11.5. The topological polar surface area (TPSA) is 100 Å². The Kier molecular flexibility index (Phi) is 24.2. The molecule has 0 fully saturated rings. The van der Waals surface area contributed by atoms with Crippen molar-refractivity contribution in [1.82, 2.24) is 0 Å². The maximum Gasteiger partial charge on any atom is 3.00 e. The van der Waals surface area contributed by atoms with E-state index in [4.69, 9.17) is 45.5 Å². The zero-order valence-electron chi connectivity index (χ0n) is 39.9. The van der Waals surface area contributed by atoms with Gasteiger partial charge in [0.1, 0.15) is 58.5 Å². The molecule has 0 aliphatic heterocycles. The van der Waals surface area contributed by atoms with Crippen LogP contribution in [0, 0.1) is 0 Å². The standard InChI is InChI=1S/3C18H15O3P.CH2O.Rh.3H/c3*1-4-10-16(11-5-1)19-22(20-17-12-6-2-7-13-17)21-18-14-8-3-9-15-18;1-2;;;;/h3*1-15H;1H2;;;;/q;;;;+3;3*-1. The molecule has 0 spiro atoms. The Morgan fingerprint density at radius 1 is 0.203 bits per heavy atom. The second-order valence-corrected chi connectivity index (χ2v) is 16.3. The van der Waals surface area contributed by atoms with Gasteiger partial charge in [0.05, 0.1) is 0 Å². The summed E-state index contributed by atoms with van der Waals surface area (Å²) in [6, 6.07) is 85.5. The van der Waals surface area contributed by atoms with Crippen molar-refractivity contribution in [3.63, 3.8) is 0 Å². The zero-order chi connectivity index (χ0) is 47.1. The minimum absolute atomic E-state index is 0. The fourth-order valence-electron chi connectivity index (χ4n) is 5.27. The minimum atomic E-state index is -1.59. The zero-order valence-corrected chi connectivity index (χ0v) is 41.3. The molecule has 0 saturated heterocycles. The monoisotopic (exact) mass is 1070 g/mol. The van der Waals surface area contributed by atoms with Crippen LogP contribution in [0.5, 0.6) is 51.7 Å². The van der Waals surface area contributed by atoms with Gasteiger partial charge in [0.25, 0.3) is 0 Å². The van der Waals surface area contributed by atoms with Crippen LogP contribution < -0.4 is 40.7 Å². The van der Waals surface area contributed by atoms with E-state index >= 15 is 0 Å². The van der Waals surface area contributed by atoms with E-state index in [1.165, 1.54) is 0 Å². The van der Waals surface area contributed by atoms with Gasteiger partial charge in [-0.3, -0.25) is 0 Å². The van der Waals surface area contributed by atoms with E-state index < -0.39 is 25.8 Å². The molecule has 0 bridgehead atoms. The third-order valence-electron chi connectivity index (χ3n) is 8.31. The number of hydrogen-bond donors (Lipinski definition) is 0. The summed E-state index contributed by atoms with van der Waals surface area (Å²) in [6.07, 6.45) is 0. The van der Waals surface area contributed by atoms with E-state index in [2.05, 4.69) is 0 Å². The molecule has 14 heteroatoms. The van der Waals surface area contributed by atoms with Gasteiger partial charge in [-0.15, -0.1) is 0 Å². The fourth-order valence-corrected chi connectivity index (χ4v) is 8.25. The van der Waals surface area contributed by atoms with Crippen molar-refractivity contribution >= 4 is 32.6 Å². The molecule has 0 heterocycles. The SMILES string of the molecule is C=O.[H-].[H-].[H-].[Rh+3].c1ccc(OP(Oc2ccccc2)Oc2ccccc2)cc1.c1ccc(OP(Oc2ccccc2)Oc2ccccc2)cc1.c1ccc(OP(Oc2ccccc2)Oc2ccccc2)cc1. The number of para-hydroxylation sites is 9. The number of carbonyl (C=O) groups excluding carboxylic acids is 1. The molecule has 0 N–H and O–H groups in total. The van der Waals surface area contributed by atoms with Gasteiger partial charge in [0.2, 0.25) is 0 Å². The largest absolute Gasteiger partial charge is 3.00 e. The molecule has 9 aromatic rings. The molecule has 0 aromatic heterocycles. The van der Waals surface area contributed by atoms with Crippen molar-refractivity contribution in [2.75, 3.05) is 0 Å². The molecular weight excluding hydrogens is 1020 g/mol. The van der Waals surface area contributed by atoms with Crippen LogP contribution in [-0.4, -0.2) is 6.79 Å². The Morgan fingerprint density at radius 3 is 0.377 bits per heavy atom. The number of benzene rings is 9. The van der Waals surface area contributed by atoms with E-state index in [0.717, 1.165) is 0 Å². The summed E-state index contributed by atoms with van der Waals surface area (Å²) in [6.45, 7) is 2.00. The molecule has 69 heavy (non-hydrogen) atoms. The van der Waals surface area contributed by atoms with Crippen molar-refractivity contribution < 1.29 is 69.3 Å². The van der Waals surface area contributed by atoms with Gasteiger partial charge < -0.3 is 49.8 Å². The van der Waals surface area contributed by atoms with Crippen LogP contribution in [0.2, 0.25) is 0 Å². The van der Waals surface area contributed by atoms with Crippen molar-refractivity contribution in [2.24, 2.45) is 0 Å². The normalized spacial score (nSPS) is 9.84. The van der Waals surface area contributed by atoms with E-state index in [1.807, 2.05) is 280 Å². The van der Waals surface area contributed by atoms with Crippen LogP contribution in [0.15, 0.2) is 273 Å². The Balaban J connectivity index is 0.000000354. The molecule has 0 aliphatic rings. The molecular formula is C55H50O10P3Rh. The van der Waals surface area contributed by atoms with Crippen molar-refractivity contribution in [1.29, 1.82) is 0 Å². The fraction of sp³-hybridized carbons (Fsp3) is 0. The van der Waals surface area contributed by atoms with E-state index in [-0.39, 0.29) is 23.8 Å². The van der Waals surface area contributed by atoms with E-state index in [0.29, 0.717) is 51.7 Å². The van der Waals surface area contributed by atoms with Gasteiger partial charge in [-0.1, -0.05) is 164 Å². The van der Waals surface area contributed by atoms with Crippen LogP contribution in [0.1, 0.15) is 4.28 Å². The molecule has 354 valence electrons. The first-order valence-electron chi connectivity index (χ1n) is 21.0. The van der Waals surface area contributed by atoms with Gasteiger partial charge in [0, 0.05) is 0 Å². The Hall–Kier alpha value is -7.24. The van der Waals surface area contributed by atoms with Crippen LogP contribution in [-0.2, 0) is 24.3 Å². The van der Waals surface area contributed by atoms with Gasteiger partial charge in [0.15, 0.2) is 0 Å². The second kappa shape index (κ2) is 31.7. The van der Waals surface area contributed by atoms with E-state index in [1.54, 1.807) is 0 Å². The van der Waals surface area contributed by atoms with Gasteiger partial charge in [-0.25, -0.2) is 0 Å². The Labute approximate surface area is 424 Å². The van der Waals surface area contributed by atoms with Crippen LogP contribution in [0.25, 0.3) is 0 Å². The number of rotatable bonds is 18. The summed E-state index contributed by atoms with van der Waals surface area (Å²) < 4.78 is 52.6. The summed E-state index contributed by atoms with van der Waals surface area (Å²) in [5.41, 5.74) is 0. The summed E-state index contributed by atoms with van der Waals surface area (Å²) in [7, 11) is -4.77. The van der Waals surface area contributed by atoms with Crippen molar-refractivity contribution in [2.45, 2.75) is 0 Å². The third kappa shape index (κ3) is 20.7. The second-order valence-electron chi connectivity index (χ2n) is 13.3. The van der Waals surface area contributed by atoms with Crippen LogP contribution in [0.3, 0.4) is 0 Å². The van der Waals surface area contributed by atoms with Gasteiger partial charge >= 0.3 is 45.3 Å². The molecule has 9 rings (SSSR count). The number of hydrogen-bond acceptors (Lipinski definition) is 10. The Morgan fingerprint density at radius 2 is 0.290 bits per heavy atom. The molecule has 0 aliphatic carbocycles. The summed E-state index contributed by atoms with van der Waals surface area (Å²) in [5, 5.41) is 0. The minimum Gasteiger partial charge on any atom is -1.00 e. The molecule has 9 aromatic carbocycles. The first-order chi connectivity index (χ1) is 33.7. The number of carbonyl (C=O) groups is 1. The molecule has 10 nitrogen and oxygen atoms in total. The maximum atomic E-state index is 8.00. The average molecular weight is 1070 g/mol. The maximum absolute atomic E-state index is 8.00. The quantitative estimate of drug-likeness (QED) is 0.0610. The molecule has 0 radical (unpaired) electrons. The average Bonchev–Trinajstić information content (AvgIpc) is 3.40. The van der Waals surface area contributed by atoms with Crippen molar-refractivity contribution in [3.05, 3.63) is 273 Å². The first kappa shape index (κ1) is 52.7. The predicted molar refractivity (Wildman–Crippen MR) is 275 cm³/mol.